The number of nitrogens with one attached hydrogen (secondary N) is 1. The molecule has 0 radical (unpaired) electrons. The first-order chi connectivity index (χ1) is 10.7. The minimum atomic E-state index is 0.685. The van der Waals surface area contributed by atoms with E-state index in [2.05, 4.69) is 17.4 Å². The molecule has 0 aromatic heterocycles. The summed E-state index contributed by atoms with van der Waals surface area (Å²) in [5.74, 6) is 6.03. The molecule has 2 aromatic carbocycles. The fourth-order valence-corrected chi connectivity index (χ4v) is 2.62. The number of benzene rings is 2. The summed E-state index contributed by atoms with van der Waals surface area (Å²) in [5.41, 5.74) is 12.2. The molecular weight excluding hydrogens is 272 g/mol. The van der Waals surface area contributed by atoms with E-state index >= 15 is 0 Å². The van der Waals surface area contributed by atoms with Crippen LogP contribution in [0.3, 0.4) is 0 Å². The first-order valence-corrected chi connectivity index (χ1v) is 7.58. The Morgan fingerprint density at radius 1 is 0.955 bits per heavy atom. The Labute approximate surface area is 132 Å². The number of fused-ring (bicyclic) bond motifs is 2. The molecule has 4 nitrogen and oxygen atoms in total. The monoisotopic (exact) mass is 296 g/mol. The van der Waals surface area contributed by atoms with Gasteiger partial charge in [-0.2, -0.15) is 0 Å². The molecule has 22 heavy (non-hydrogen) atoms. The van der Waals surface area contributed by atoms with Crippen molar-refractivity contribution in [3.63, 3.8) is 0 Å². The molecule has 0 unspecified atom stereocenters. The molecule has 1 aliphatic rings. The van der Waals surface area contributed by atoms with Crippen LogP contribution in [0.15, 0.2) is 48.5 Å². The van der Waals surface area contributed by atoms with Gasteiger partial charge < -0.3 is 16.1 Å². The maximum absolute atomic E-state index is 6.39. The van der Waals surface area contributed by atoms with Crippen LogP contribution in [0.4, 0.5) is 5.69 Å². The van der Waals surface area contributed by atoms with Gasteiger partial charge in [-0.15, -0.1) is 0 Å². The number of hydrazine groups is 1. The Hall–Kier alpha value is -2.46. The summed E-state index contributed by atoms with van der Waals surface area (Å²) in [4.78, 5) is 0. The first kappa shape index (κ1) is 15.9. The summed E-state index contributed by atoms with van der Waals surface area (Å²) >= 11 is 0. The quantitative estimate of drug-likeness (QED) is 0.558. The molecule has 2 aromatic rings. The molecule has 116 valence electrons. The number of hydrogen-bond donors (Lipinski definition) is 3. The topological polar surface area (TPSA) is 67.3 Å². The predicted molar refractivity (Wildman–Crippen MR) is 94.5 cm³/mol. The predicted octanol–water partition coefficient (Wildman–Crippen LogP) is 3.23. The summed E-state index contributed by atoms with van der Waals surface area (Å²) in [5, 5.41) is 5.03. The van der Waals surface area contributed by atoms with Gasteiger partial charge in [0.1, 0.15) is 0 Å². The van der Waals surface area contributed by atoms with Gasteiger partial charge in [0.25, 0.3) is 0 Å². The first-order valence-electron chi connectivity index (χ1n) is 7.58. The Kier molecular flexibility index (Phi) is 5.07. The number of para-hydroxylation sites is 1. The van der Waals surface area contributed by atoms with Gasteiger partial charge in [0.15, 0.2) is 0 Å². The molecule has 0 fully saturated rings. The van der Waals surface area contributed by atoms with Gasteiger partial charge >= 0.3 is 0 Å². The van der Waals surface area contributed by atoms with E-state index in [1.54, 1.807) is 5.01 Å². The largest absolute Gasteiger partial charge is 0.396 e. The van der Waals surface area contributed by atoms with Crippen molar-refractivity contribution >= 4 is 17.1 Å². The van der Waals surface area contributed by atoms with Crippen LogP contribution in [0.25, 0.3) is 11.4 Å². The van der Waals surface area contributed by atoms with E-state index in [1.807, 2.05) is 57.3 Å². The number of nitrogens with two attached hydrogens (primary N) is 2. The van der Waals surface area contributed by atoms with E-state index in [9.17, 15) is 0 Å². The molecule has 0 bridgehead atoms. The van der Waals surface area contributed by atoms with Crippen molar-refractivity contribution in [1.82, 2.24) is 5.01 Å². The van der Waals surface area contributed by atoms with Crippen molar-refractivity contribution in [2.75, 3.05) is 12.4 Å². The summed E-state index contributed by atoms with van der Waals surface area (Å²) in [6.45, 7) is 4.75. The molecule has 0 amide bonds. The number of nitrogens with zero attached hydrogens (tertiary/aromatic N) is 1. The molecule has 1 heterocycles. The lowest BCUT2D eigenvalue weighted by Crippen LogP contribution is -2.28. The highest BCUT2D eigenvalue weighted by molar-refractivity contribution is 5.93. The number of anilines is 1. The summed E-state index contributed by atoms with van der Waals surface area (Å²) in [6, 6.07) is 16.2. The van der Waals surface area contributed by atoms with Crippen molar-refractivity contribution in [2.24, 2.45) is 11.6 Å². The van der Waals surface area contributed by atoms with E-state index in [4.69, 9.17) is 11.6 Å². The molecule has 0 spiro atoms. The van der Waals surface area contributed by atoms with Crippen LogP contribution in [-0.4, -0.2) is 12.1 Å². The van der Waals surface area contributed by atoms with Gasteiger partial charge in [0.2, 0.25) is 0 Å². The third kappa shape index (κ3) is 2.92. The zero-order valence-corrected chi connectivity index (χ0v) is 13.4. The molecule has 4 heteroatoms. The van der Waals surface area contributed by atoms with Crippen LogP contribution in [0.5, 0.6) is 0 Å². The van der Waals surface area contributed by atoms with Crippen molar-refractivity contribution in [2.45, 2.75) is 20.4 Å². The summed E-state index contributed by atoms with van der Waals surface area (Å²) < 4.78 is 0. The normalized spacial score (nSPS) is 16.0. The fourth-order valence-electron chi connectivity index (χ4n) is 2.62. The molecule has 1 aliphatic heterocycles. The fraction of sp³-hybridized carbons (Fsp3) is 0.222. The Morgan fingerprint density at radius 2 is 1.55 bits per heavy atom. The van der Waals surface area contributed by atoms with Crippen molar-refractivity contribution in [3.05, 3.63) is 65.2 Å². The van der Waals surface area contributed by atoms with Gasteiger partial charge in [0, 0.05) is 30.4 Å². The second-order valence-corrected chi connectivity index (χ2v) is 4.93. The lowest BCUT2D eigenvalue weighted by atomic mass is 9.97. The smallest absolute Gasteiger partial charge is 0.0826 e. The van der Waals surface area contributed by atoms with Crippen LogP contribution in [0.1, 0.15) is 30.5 Å². The minimum absolute atomic E-state index is 0.685. The van der Waals surface area contributed by atoms with Crippen LogP contribution < -0.4 is 16.9 Å². The zero-order chi connectivity index (χ0) is 16.1. The highest BCUT2D eigenvalue weighted by Gasteiger charge is 2.19. The minimum Gasteiger partial charge on any atom is -0.396 e. The van der Waals surface area contributed by atoms with Gasteiger partial charge in [-0.05, 0) is 11.6 Å². The number of hydrogen-bond acceptors (Lipinski definition) is 4. The molecule has 3 rings (SSSR count). The van der Waals surface area contributed by atoms with E-state index in [0.717, 1.165) is 29.1 Å². The van der Waals surface area contributed by atoms with Crippen LogP contribution in [0, 0.1) is 0 Å². The molecule has 0 saturated heterocycles. The van der Waals surface area contributed by atoms with E-state index < -0.39 is 0 Å². The van der Waals surface area contributed by atoms with E-state index in [1.165, 1.54) is 5.56 Å². The van der Waals surface area contributed by atoms with E-state index in [-0.39, 0.29) is 0 Å². The van der Waals surface area contributed by atoms with Crippen molar-refractivity contribution < 1.29 is 0 Å². The standard InChI is InChI=1S/C16H18N4.C2H6/c1-20(18)16-12-7-3-2-6-11(12)10-19-14-9-5-4-8-13(14)15(16)17;1-2/h2-9,19H,10,17-18H2,1H3;1-2H3/b16-15-;. The second kappa shape index (κ2) is 7.00. The molecule has 0 atom stereocenters. The highest BCUT2D eigenvalue weighted by atomic mass is 15.4. The van der Waals surface area contributed by atoms with Gasteiger partial charge in [-0.1, -0.05) is 56.3 Å². The third-order valence-electron chi connectivity index (χ3n) is 3.57. The molecule has 0 saturated carbocycles. The zero-order valence-electron chi connectivity index (χ0n) is 13.4. The maximum atomic E-state index is 6.39. The molecular formula is C18H24N4. The Bertz CT molecular complexity index is 674. The van der Waals surface area contributed by atoms with Crippen molar-refractivity contribution in [3.8, 4) is 0 Å². The Balaban J connectivity index is 0.000000847. The Morgan fingerprint density at radius 3 is 2.23 bits per heavy atom. The van der Waals surface area contributed by atoms with Crippen LogP contribution >= 0.6 is 0 Å². The van der Waals surface area contributed by atoms with E-state index in [0.29, 0.717) is 5.70 Å². The van der Waals surface area contributed by atoms with Crippen LogP contribution in [0.2, 0.25) is 0 Å². The molecule has 0 aliphatic carbocycles. The molecule has 5 N–H and O–H groups in total. The van der Waals surface area contributed by atoms with Gasteiger partial charge in [0.05, 0.1) is 11.4 Å². The summed E-state index contributed by atoms with van der Waals surface area (Å²) in [6.07, 6.45) is 0. The summed E-state index contributed by atoms with van der Waals surface area (Å²) in [7, 11) is 1.82. The van der Waals surface area contributed by atoms with Gasteiger partial charge in [-0.25, -0.2) is 5.84 Å². The van der Waals surface area contributed by atoms with Crippen LogP contribution in [-0.2, 0) is 6.54 Å². The maximum Gasteiger partial charge on any atom is 0.0826 e. The average Bonchev–Trinajstić information content (AvgIpc) is 2.54. The lowest BCUT2D eigenvalue weighted by Gasteiger charge is -2.26. The lowest BCUT2D eigenvalue weighted by molar-refractivity contribution is 0.511. The number of rotatable bonds is 1. The SMILES string of the molecule is CC.CN(N)/C1=C(\N)c2ccccc2NCc2ccccc21. The average molecular weight is 296 g/mol. The van der Waals surface area contributed by atoms with Crippen molar-refractivity contribution in [1.29, 1.82) is 0 Å². The highest BCUT2D eigenvalue weighted by Crippen LogP contribution is 2.32. The third-order valence-corrected chi connectivity index (χ3v) is 3.57. The van der Waals surface area contributed by atoms with Gasteiger partial charge in [-0.3, -0.25) is 0 Å². The second-order valence-electron chi connectivity index (χ2n) is 4.93.